The lowest BCUT2D eigenvalue weighted by molar-refractivity contribution is 0.205. The third kappa shape index (κ3) is 2.38. The Balaban J connectivity index is 2.50. The highest BCUT2D eigenvalue weighted by atomic mass is 35.5. The molecule has 2 aromatic carbocycles. The maximum Gasteiger partial charge on any atom is 0.416 e. The number of nitrogens with zero attached hydrogens (tertiary/aromatic N) is 1. The van der Waals surface area contributed by atoms with Gasteiger partial charge in [0.2, 0.25) is 0 Å². The molecule has 0 atom stereocenters. The molecule has 18 heavy (non-hydrogen) atoms. The van der Waals surface area contributed by atoms with Crippen LogP contribution >= 0.6 is 11.6 Å². The van der Waals surface area contributed by atoms with Gasteiger partial charge >= 0.3 is 6.09 Å². The van der Waals surface area contributed by atoms with Crippen molar-refractivity contribution in [1.82, 2.24) is 0 Å². The minimum atomic E-state index is -1.10. The molecule has 4 nitrogen and oxygen atoms in total. The van der Waals surface area contributed by atoms with E-state index in [4.69, 9.17) is 17.3 Å². The third-order valence-electron chi connectivity index (χ3n) is 2.45. The molecule has 0 bridgehead atoms. The van der Waals surface area contributed by atoms with Gasteiger partial charge < -0.3 is 10.8 Å². The number of carbonyl (C=O) groups is 1. The number of para-hydroxylation sites is 2. The minimum Gasteiger partial charge on any atom is -0.464 e. The summed E-state index contributed by atoms with van der Waals surface area (Å²) < 4.78 is 0. The van der Waals surface area contributed by atoms with Gasteiger partial charge in [-0.25, -0.2) is 9.69 Å². The normalized spacial score (nSPS) is 10.1. The zero-order valence-corrected chi connectivity index (χ0v) is 10.1. The average Bonchev–Trinajstić information content (AvgIpc) is 2.34. The first-order valence-electron chi connectivity index (χ1n) is 5.22. The van der Waals surface area contributed by atoms with Crippen LogP contribution in [0.4, 0.5) is 21.9 Å². The maximum atomic E-state index is 11.4. The first-order chi connectivity index (χ1) is 8.59. The van der Waals surface area contributed by atoms with Crippen LogP contribution in [0.3, 0.4) is 0 Å². The molecule has 5 heteroatoms. The second kappa shape index (κ2) is 4.98. The molecule has 3 N–H and O–H groups in total. The van der Waals surface area contributed by atoms with Crippen molar-refractivity contribution in [2.24, 2.45) is 0 Å². The molecule has 2 rings (SSSR count). The first-order valence-corrected chi connectivity index (χ1v) is 5.60. The summed E-state index contributed by atoms with van der Waals surface area (Å²) in [5.41, 5.74) is 7.11. The standard InChI is InChI=1S/C13H11ClN2O2/c14-9-5-7-10(8-6-9)16(13(17)18)12-4-2-1-3-11(12)15/h1-8H,15H2,(H,17,18). The van der Waals surface area contributed by atoms with Crippen molar-refractivity contribution >= 4 is 34.8 Å². The van der Waals surface area contributed by atoms with Crippen molar-refractivity contribution < 1.29 is 9.90 Å². The highest BCUT2D eigenvalue weighted by molar-refractivity contribution is 6.30. The average molecular weight is 263 g/mol. The van der Waals surface area contributed by atoms with E-state index in [9.17, 15) is 9.90 Å². The lowest BCUT2D eigenvalue weighted by atomic mass is 10.2. The summed E-state index contributed by atoms with van der Waals surface area (Å²) in [6, 6.07) is 13.3. The Morgan fingerprint density at radius 1 is 1.11 bits per heavy atom. The fourth-order valence-electron chi connectivity index (χ4n) is 1.63. The van der Waals surface area contributed by atoms with E-state index >= 15 is 0 Å². The second-order valence-electron chi connectivity index (χ2n) is 3.65. The van der Waals surface area contributed by atoms with Crippen LogP contribution in [0, 0.1) is 0 Å². The zero-order chi connectivity index (χ0) is 13.1. The Morgan fingerprint density at radius 2 is 1.72 bits per heavy atom. The van der Waals surface area contributed by atoms with Gasteiger partial charge in [-0.2, -0.15) is 0 Å². The maximum absolute atomic E-state index is 11.4. The summed E-state index contributed by atoms with van der Waals surface area (Å²) in [6.45, 7) is 0. The number of halogens is 1. The Morgan fingerprint density at radius 3 is 2.28 bits per heavy atom. The van der Waals surface area contributed by atoms with E-state index in [1.165, 1.54) is 0 Å². The fraction of sp³-hybridized carbons (Fsp3) is 0. The smallest absolute Gasteiger partial charge is 0.416 e. The fourth-order valence-corrected chi connectivity index (χ4v) is 1.76. The van der Waals surface area contributed by atoms with Gasteiger partial charge in [-0.15, -0.1) is 0 Å². The van der Waals surface area contributed by atoms with E-state index < -0.39 is 6.09 Å². The monoisotopic (exact) mass is 262 g/mol. The van der Waals surface area contributed by atoms with Gasteiger partial charge in [-0.05, 0) is 36.4 Å². The summed E-state index contributed by atoms with van der Waals surface area (Å²) in [5.74, 6) is 0. The summed E-state index contributed by atoms with van der Waals surface area (Å²) in [7, 11) is 0. The van der Waals surface area contributed by atoms with E-state index in [2.05, 4.69) is 0 Å². The molecule has 0 aliphatic rings. The number of hydrogen-bond acceptors (Lipinski definition) is 2. The van der Waals surface area contributed by atoms with E-state index in [-0.39, 0.29) is 0 Å². The van der Waals surface area contributed by atoms with Crippen molar-refractivity contribution in [3.63, 3.8) is 0 Å². The van der Waals surface area contributed by atoms with Crippen LogP contribution in [0.5, 0.6) is 0 Å². The molecule has 0 aromatic heterocycles. The van der Waals surface area contributed by atoms with Crippen molar-refractivity contribution in [2.45, 2.75) is 0 Å². The molecular formula is C13H11ClN2O2. The Kier molecular flexibility index (Phi) is 3.39. The zero-order valence-electron chi connectivity index (χ0n) is 9.38. The number of anilines is 3. The lowest BCUT2D eigenvalue weighted by Gasteiger charge is -2.20. The van der Waals surface area contributed by atoms with E-state index in [1.807, 2.05) is 0 Å². The number of benzene rings is 2. The van der Waals surface area contributed by atoms with E-state index in [1.54, 1.807) is 48.5 Å². The molecule has 0 saturated carbocycles. The van der Waals surface area contributed by atoms with Crippen molar-refractivity contribution in [3.05, 3.63) is 53.6 Å². The predicted octanol–water partition coefficient (Wildman–Crippen LogP) is 3.74. The third-order valence-corrected chi connectivity index (χ3v) is 2.71. The summed E-state index contributed by atoms with van der Waals surface area (Å²) >= 11 is 5.78. The van der Waals surface area contributed by atoms with Gasteiger partial charge in [0.15, 0.2) is 0 Å². The van der Waals surface area contributed by atoms with Gasteiger partial charge in [0.05, 0.1) is 17.1 Å². The van der Waals surface area contributed by atoms with Gasteiger partial charge in [0.25, 0.3) is 0 Å². The molecule has 0 fully saturated rings. The molecule has 0 spiro atoms. The van der Waals surface area contributed by atoms with E-state index in [0.29, 0.717) is 22.1 Å². The Labute approximate surface area is 109 Å². The topological polar surface area (TPSA) is 66.6 Å². The number of rotatable bonds is 2. The highest BCUT2D eigenvalue weighted by Crippen LogP contribution is 2.30. The first kappa shape index (κ1) is 12.3. The molecule has 2 aromatic rings. The van der Waals surface area contributed by atoms with Crippen molar-refractivity contribution in [1.29, 1.82) is 0 Å². The number of nitrogens with two attached hydrogens (primary N) is 1. The highest BCUT2D eigenvalue weighted by Gasteiger charge is 2.18. The molecule has 0 unspecified atom stereocenters. The van der Waals surface area contributed by atoms with Crippen molar-refractivity contribution in [3.8, 4) is 0 Å². The van der Waals surface area contributed by atoms with Gasteiger partial charge in [-0.1, -0.05) is 23.7 Å². The van der Waals surface area contributed by atoms with Gasteiger partial charge in [0, 0.05) is 5.02 Å². The Bertz CT molecular complexity index is 569. The SMILES string of the molecule is Nc1ccccc1N(C(=O)O)c1ccc(Cl)cc1. The molecule has 0 aliphatic heterocycles. The van der Waals surface area contributed by atoms with Gasteiger partial charge in [-0.3, -0.25) is 0 Å². The molecular weight excluding hydrogens is 252 g/mol. The van der Waals surface area contributed by atoms with Crippen LogP contribution in [-0.2, 0) is 0 Å². The Hall–Kier alpha value is -2.20. The van der Waals surface area contributed by atoms with Crippen LogP contribution in [0.25, 0.3) is 0 Å². The van der Waals surface area contributed by atoms with Crippen LogP contribution in [0.2, 0.25) is 5.02 Å². The largest absolute Gasteiger partial charge is 0.464 e. The second-order valence-corrected chi connectivity index (χ2v) is 4.09. The van der Waals surface area contributed by atoms with Crippen LogP contribution < -0.4 is 10.6 Å². The number of amides is 1. The van der Waals surface area contributed by atoms with Gasteiger partial charge in [0.1, 0.15) is 0 Å². The van der Waals surface area contributed by atoms with Crippen molar-refractivity contribution in [2.75, 3.05) is 10.6 Å². The van der Waals surface area contributed by atoms with E-state index in [0.717, 1.165) is 4.90 Å². The molecule has 0 saturated heterocycles. The molecule has 0 heterocycles. The lowest BCUT2D eigenvalue weighted by Crippen LogP contribution is -2.24. The molecule has 92 valence electrons. The summed E-state index contributed by atoms with van der Waals surface area (Å²) in [4.78, 5) is 12.5. The van der Waals surface area contributed by atoms with Crippen LogP contribution in [0.15, 0.2) is 48.5 Å². The van der Waals surface area contributed by atoms with Crippen LogP contribution in [0.1, 0.15) is 0 Å². The summed E-state index contributed by atoms with van der Waals surface area (Å²) in [5, 5.41) is 9.86. The van der Waals surface area contributed by atoms with Crippen LogP contribution in [-0.4, -0.2) is 11.2 Å². The number of carboxylic acid groups (broad SMARTS) is 1. The molecule has 0 radical (unpaired) electrons. The number of hydrogen-bond donors (Lipinski definition) is 2. The summed E-state index contributed by atoms with van der Waals surface area (Å²) in [6.07, 6.45) is -1.10. The number of nitrogen functional groups attached to an aromatic ring is 1. The quantitative estimate of drug-likeness (QED) is 0.810. The molecule has 0 aliphatic carbocycles. The predicted molar refractivity (Wildman–Crippen MR) is 72.5 cm³/mol. The minimum absolute atomic E-state index is 0.398. The molecule has 1 amide bonds.